The van der Waals surface area contributed by atoms with Gasteiger partial charge in [-0.2, -0.15) is 1.33 Å². The largest absolute Gasteiger partial charge is 0.368 e. The number of nitrogens with two attached hydrogens (primary N) is 1. The molecule has 2 N–H and O–H groups in total. The van der Waals surface area contributed by atoms with E-state index >= 15 is 0 Å². The Balaban J connectivity index is 2.79. The molecule has 0 radical (unpaired) electrons. The van der Waals surface area contributed by atoms with E-state index in [0.29, 0.717) is 0 Å². The van der Waals surface area contributed by atoms with Gasteiger partial charge in [-0.25, -0.2) is 0 Å². The number of carbonyl (C=O) groups excluding carboxylic acids is 1. The summed E-state index contributed by atoms with van der Waals surface area (Å²) in [5.41, 5.74) is 4.98. The Morgan fingerprint density at radius 3 is 2.00 bits per heavy atom. The maximum Gasteiger partial charge on any atom is 0.239 e. The molecule has 0 aromatic heterocycles. The van der Waals surface area contributed by atoms with Crippen LogP contribution in [0.25, 0.3) is 0 Å². The Morgan fingerprint density at radius 1 is 1.36 bits per heavy atom. The summed E-state index contributed by atoms with van der Waals surface area (Å²) in [5.74, 6) is -0.182. The molecule has 1 saturated carbocycles. The minimum atomic E-state index is -0.360. The second-order valence-corrected chi connectivity index (χ2v) is 6.61. The van der Waals surface area contributed by atoms with Crippen molar-refractivity contribution in [2.45, 2.75) is 31.2 Å². The van der Waals surface area contributed by atoms with Crippen molar-refractivity contribution in [3.63, 3.8) is 0 Å². The summed E-state index contributed by atoms with van der Waals surface area (Å²) in [7, 11) is 0. The molecule has 5 heteroatoms. The zero-order valence-corrected chi connectivity index (χ0v) is 10.3. The molecule has 1 aliphatic carbocycles. The summed E-state index contributed by atoms with van der Waals surface area (Å²) in [6, 6.07) is 0. The van der Waals surface area contributed by atoms with Gasteiger partial charge in [0.15, 0.2) is 0 Å². The van der Waals surface area contributed by atoms with Crippen molar-refractivity contribution < 1.29 is 4.79 Å². The topological polar surface area (TPSA) is 46.3 Å². The fraction of sp³-hybridized carbons (Fsp3) is 0.833. The third-order valence-electron chi connectivity index (χ3n) is 2.21. The van der Waals surface area contributed by atoms with Crippen LogP contribution in [-0.2, 0) is 4.79 Å². The predicted molar refractivity (Wildman–Crippen MR) is 60.3 cm³/mol. The molecule has 0 aromatic rings. The van der Waals surface area contributed by atoms with Crippen LogP contribution in [0, 0.1) is 0 Å². The lowest BCUT2D eigenvalue weighted by molar-refractivity contribution is -0.124. The molecule has 11 heavy (non-hydrogen) atoms. The van der Waals surface area contributed by atoms with Crippen LogP contribution in [0.1, 0.15) is 25.7 Å². The first-order chi connectivity index (χ1) is 5.09. The highest BCUT2D eigenvalue weighted by molar-refractivity contribution is 14.2. The van der Waals surface area contributed by atoms with Crippen molar-refractivity contribution in [3.8, 4) is 0 Å². The summed E-state index contributed by atoms with van der Waals surface area (Å²) < 4.78 is 1.90. The Bertz CT molecular complexity index is 166. The molecule has 64 valence electrons. The molecule has 0 aliphatic heterocycles. The normalized spacial score (nSPS) is 22.5. The lowest BCUT2D eigenvalue weighted by atomic mass is 9.99. The summed E-state index contributed by atoms with van der Waals surface area (Å²) >= 11 is 4.26. The van der Waals surface area contributed by atoms with Crippen molar-refractivity contribution >= 4 is 51.6 Å². The predicted octanol–water partition coefficient (Wildman–Crippen LogP) is 1.79. The summed E-state index contributed by atoms with van der Waals surface area (Å²) in [5, 5.41) is 0. The van der Waals surface area contributed by atoms with Crippen LogP contribution in [-0.4, -0.2) is 12.8 Å². The number of hydrogen-bond acceptors (Lipinski definition) is 2. The highest BCUT2D eigenvalue weighted by Gasteiger charge is 2.43. The molecule has 1 rings (SSSR count). The molecular weight excluding hydrogens is 370 g/mol. The third kappa shape index (κ3) is 1.80. The zero-order chi connectivity index (χ0) is 8.48. The van der Waals surface area contributed by atoms with E-state index in [1.807, 2.05) is 1.33 Å². The Kier molecular flexibility index (Phi) is 3.39. The SMILES string of the molecule is NC(=O)C1(N(I)I)CCCC1. The van der Waals surface area contributed by atoms with Gasteiger partial charge in [0.05, 0.1) is 0 Å². The fourth-order valence-electron chi connectivity index (χ4n) is 1.46. The van der Waals surface area contributed by atoms with Crippen LogP contribution in [0.3, 0.4) is 0 Å². The van der Waals surface area contributed by atoms with Crippen LogP contribution in [0.4, 0.5) is 0 Å². The molecular formula is C6H10I2N2O. The van der Waals surface area contributed by atoms with Gasteiger partial charge in [0.1, 0.15) is 5.54 Å². The van der Waals surface area contributed by atoms with E-state index in [1.54, 1.807) is 0 Å². The molecule has 1 aliphatic rings. The molecule has 0 aromatic carbocycles. The Hall–Kier alpha value is 0.890. The first-order valence-electron chi connectivity index (χ1n) is 3.51. The van der Waals surface area contributed by atoms with Crippen LogP contribution in [0.5, 0.6) is 0 Å². The first-order valence-corrected chi connectivity index (χ1v) is 5.44. The lowest BCUT2D eigenvalue weighted by Crippen LogP contribution is -2.47. The molecule has 0 atom stereocenters. The highest BCUT2D eigenvalue weighted by Crippen LogP contribution is 2.39. The van der Waals surface area contributed by atoms with E-state index in [1.165, 1.54) is 0 Å². The van der Waals surface area contributed by atoms with Crippen LogP contribution < -0.4 is 5.73 Å². The van der Waals surface area contributed by atoms with Gasteiger partial charge in [-0.05, 0) is 12.8 Å². The molecule has 0 spiro atoms. The van der Waals surface area contributed by atoms with E-state index in [4.69, 9.17) is 5.73 Å². The second kappa shape index (κ2) is 3.73. The van der Waals surface area contributed by atoms with Gasteiger partial charge in [-0.3, -0.25) is 4.79 Å². The molecule has 0 saturated heterocycles. The van der Waals surface area contributed by atoms with Crippen molar-refractivity contribution in [1.82, 2.24) is 1.33 Å². The van der Waals surface area contributed by atoms with E-state index in [-0.39, 0.29) is 11.4 Å². The monoisotopic (exact) mass is 380 g/mol. The van der Waals surface area contributed by atoms with Gasteiger partial charge in [0.2, 0.25) is 5.91 Å². The maximum absolute atomic E-state index is 11.1. The smallest absolute Gasteiger partial charge is 0.239 e. The maximum atomic E-state index is 11.1. The standard InChI is InChI=1S/C6H10I2N2O/c7-10(8)6(5(9)11)3-1-2-4-6/h1-4H2,(H2,9,11). The van der Waals surface area contributed by atoms with E-state index in [0.717, 1.165) is 25.7 Å². The average molecular weight is 380 g/mol. The fourth-order valence-corrected chi connectivity index (χ4v) is 2.90. The minimum Gasteiger partial charge on any atom is -0.368 e. The van der Waals surface area contributed by atoms with E-state index < -0.39 is 0 Å². The van der Waals surface area contributed by atoms with Gasteiger partial charge in [0.25, 0.3) is 0 Å². The summed E-state index contributed by atoms with van der Waals surface area (Å²) in [4.78, 5) is 11.1. The molecule has 0 heterocycles. The van der Waals surface area contributed by atoms with Gasteiger partial charge >= 0.3 is 0 Å². The quantitative estimate of drug-likeness (QED) is 0.587. The average Bonchev–Trinajstić information content (AvgIpc) is 2.34. The molecule has 1 fully saturated rings. The number of carbonyl (C=O) groups is 1. The number of primary amides is 1. The lowest BCUT2D eigenvalue weighted by Gasteiger charge is -2.28. The number of amides is 1. The van der Waals surface area contributed by atoms with Crippen molar-refractivity contribution in [2.24, 2.45) is 5.73 Å². The van der Waals surface area contributed by atoms with Gasteiger partial charge < -0.3 is 5.73 Å². The molecule has 3 nitrogen and oxygen atoms in total. The Labute approximate surface area is 94.1 Å². The molecule has 0 bridgehead atoms. The van der Waals surface area contributed by atoms with Crippen molar-refractivity contribution in [3.05, 3.63) is 0 Å². The number of hydrogen-bond donors (Lipinski definition) is 1. The molecule has 0 unspecified atom stereocenters. The minimum absolute atomic E-state index is 0.182. The molecule has 1 amide bonds. The second-order valence-electron chi connectivity index (χ2n) is 2.84. The van der Waals surface area contributed by atoms with Gasteiger partial charge in [0, 0.05) is 45.7 Å². The van der Waals surface area contributed by atoms with E-state index in [9.17, 15) is 4.79 Å². The van der Waals surface area contributed by atoms with Crippen molar-refractivity contribution in [1.29, 1.82) is 0 Å². The first kappa shape index (κ1) is 9.97. The zero-order valence-electron chi connectivity index (χ0n) is 6.02. The number of rotatable bonds is 2. The van der Waals surface area contributed by atoms with Gasteiger partial charge in [-0.15, -0.1) is 0 Å². The Morgan fingerprint density at radius 2 is 1.82 bits per heavy atom. The van der Waals surface area contributed by atoms with Crippen LogP contribution in [0.2, 0.25) is 0 Å². The summed E-state index contributed by atoms with van der Waals surface area (Å²) in [6.07, 6.45) is 4.05. The summed E-state index contributed by atoms with van der Waals surface area (Å²) in [6.45, 7) is 0. The third-order valence-corrected chi connectivity index (χ3v) is 4.06. The van der Waals surface area contributed by atoms with Crippen LogP contribution >= 0.6 is 45.7 Å². The van der Waals surface area contributed by atoms with Crippen molar-refractivity contribution in [2.75, 3.05) is 0 Å². The van der Waals surface area contributed by atoms with Gasteiger partial charge in [-0.1, -0.05) is 12.8 Å². The number of nitrogens with zero attached hydrogens (tertiary/aromatic N) is 1. The highest BCUT2D eigenvalue weighted by atomic mass is 127. The van der Waals surface area contributed by atoms with Crippen LogP contribution in [0.15, 0.2) is 0 Å². The number of halogens is 2. The van der Waals surface area contributed by atoms with E-state index in [2.05, 4.69) is 45.7 Å².